The third kappa shape index (κ3) is 5.28. The number of methoxy groups -OCH3 is 3. The van der Waals surface area contributed by atoms with Crippen molar-refractivity contribution in [3.05, 3.63) is 23.8 Å². The van der Waals surface area contributed by atoms with Crippen LogP contribution in [0.1, 0.15) is 29.6 Å². The molecular weight excluding hydrogens is 402 g/mol. The van der Waals surface area contributed by atoms with Crippen LogP contribution >= 0.6 is 0 Å². The van der Waals surface area contributed by atoms with E-state index >= 15 is 0 Å². The number of carbonyl (C=O) groups is 2. The summed E-state index contributed by atoms with van der Waals surface area (Å²) >= 11 is 0. The number of hydrogen-bond donors (Lipinski definition) is 2. The summed E-state index contributed by atoms with van der Waals surface area (Å²) in [5.74, 6) is 0.793. The molecule has 9 heteroatoms. The van der Waals surface area contributed by atoms with E-state index in [4.69, 9.17) is 14.2 Å². The van der Waals surface area contributed by atoms with Gasteiger partial charge >= 0.3 is 0 Å². The summed E-state index contributed by atoms with van der Waals surface area (Å²) in [6.07, 6.45) is 1.40. The number of nitrogens with one attached hydrogen (secondary N) is 1. The Morgan fingerprint density at radius 3 is 2.55 bits per heavy atom. The fourth-order valence-corrected chi connectivity index (χ4v) is 4.52. The van der Waals surface area contributed by atoms with Crippen LogP contribution in [0.4, 0.5) is 0 Å². The topological polar surface area (TPSA) is 101 Å². The minimum atomic E-state index is -0.515. The van der Waals surface area contributed by atoms with Gasteiger partial charge in [0.25, 0.3) is 5.91 Å². The van der Waals surface area contributed by atoms with Crippen molar-refractivity contribution in [2.45, 2.75) is 37.5 Å². The maximum Gasteiger partial charge on any atom is 0.257 e. The average Bonchev–Trinajstić information content (AvgIpc) is 3.19. The number of nitrogens with zero attached hydrogens (tertiary/aromatic N) is 2. The van der Waals surface area contributed by atoms with Gasteiger partial charge in [-0.3, -0.25) is 14.5 Å². The smallest absolute Gasteiger partial charge is 0.257 e. The number of piperidine rings is 1. The van der Waals surface area contributed by atoms with E-state index in [9.17, 15) is 14.7 Å². The molecule has 0 saturated carbocycles. The summed E-state index contributed by atoms with van der Waals surface area (Å²) in [5.41, 5.74) is 0.479. The minimum absolute atomic E-state index is 0.0757. The second-order valence-electron chi connectivity index (χ2n) is 7.95. The zero-order chi connectivity index (χ0) is 22.4. The Kier molecular flexibility index (Phi) is 8.11. The van der Waals surface area contributed by atoms with Gasteiger partial charge in [-0.1, -0.05) is 6.07 Å². The van der Waals surface area contributed by atoms with Crippen molar-refractivity contribution >= 4 is 11.8 Å². The summed E-state index contributed by atoms with van der Waals surface area (Å²) in [4.78, 5) is 29.6. The molecule has 172 valence electrons. The van der Waals surface area contributed by atoms with E-state index < -0.39 is 6.10 Å². The van der Waals surface area contributed by atoms with Crippen molar-refractivity contribution in [2.24, 2.45) is 0 Å². The van der Waals surface area contributed by atoms with Gasteiger partial charge < -0.3 is 29.5 Å². The average molecular weight is 436 g/mol. The Balaban J connectivity index is 1.62. The number of rotatable bonds is 8. The number of ether oxygens (including phenoxy) is 3. The van der Waals surface area contributed by atoms with Crippen LogP contribution in [-0.2, 0) is 9.53 Å². The quantitative estimate of drug-likeness (QED) is 0.574. The van der Waals surface area contributed by atoms with Crippen LogP contribution in [0, 0.1) is 0 Å². The first kappa shape index (κ1) is 23.3. The zero-order valence-corrected chi connectivity index (χ0v) is 18.5. The van der Waals surface area contributed by atoms with Crippen LogP contribution in [0.25, 0.3) is 0 Å². The standard InChI is InChI=1S/C22H33N3O6/c1-29-12-9-23-21(27)18-13-16(26)14-25(18)15-7-10-24(11-8-15)22(28)17-5-4-6-19(30-2)20(17)31-3/h4-6,15-16,18,26H,7-14H2,1-3H3,(H,23,27)/t16-,18+/m1/s1. The molecule has 0 aromatic heterocycles. The van der Waals surface area contributed by atoms with Crippen molar-refractivity contribution in [1.29, 1.82) is 0 Å². The van der Waals surface area contributed by atoms with Gasteiger partial charge in [0.15, 0.2) is 11.5 Å². The molecule has 1 aromatic rings. The largest absolute Gasteiger partial charge is 0.493 e. The fraction of sp³-hybridized carbons (Fsp3) is 0.636. The number of amides is 2. The highest BCUT2D eigenvalue weighted by molar-refractivity contribution is 5.98. The van der Waals surface area contributed by atoms with E-state index in [-0.39, 0.29) is 23.9 Å². The first-order chi connectivity index (χ1) is 15.0. The van der Waals surface area contributed by atoms with Crippen molar-refractivity contribution < 1.29 is 28.9 Å². The Hall–Kier alpha value is -2.36. The Bertz CT molecular complexity index is 766. The van der Waals surface area contributed by atoms with Crippen molar-refractivity contribution in [2.75, 3.05) is 54.1 Å². The fourth-order valence-electron chi connectivity index (χ4n) is 4.52. The molecule has 2 N–H and O–H groups in total. The molecule has 2 heterocycles. The number of aliphatic hydroxyl groups excluding tert-OH is 1. The normalized spacial score (nSPS) is 22.4. The molecule has 0 aliphatic carbocycles. The minimum Gasteiger partial charge on any atom is -0.493 e. The lowest BCUT2D eigenvalue weighted by Gasteiger charge is -2.39. The lowest BCUT2D eigenvalue weighted by Crippen LogP contribution is -2.52. The maximum absolute atomic E-state index is 13.1. The van der Waals surface area contributed by atoms with E-state index in [2.05, 4.69) is 10.2 Å². The first-order valence-electron chi connectivity index (χ1n) is 10.7. The number of likely N-dealkylation sites (tertiary alicyclic amines) is 2. The molecule has 2 amide bonds. The van der Waals surface area contributed by atoms with Crippen molar-refractivity contribution in [3.8, 4) is 11.5 Å². The number of β-amino-alcohol motifs (C(OH)–C–C–N with tert-alkyl or cyclic N) is 1. The van der Waals surface area contributed by atoms with Crippen molar-refractivity contribution in [1.82, 2.24) is 15.1 Å². The summed E-state index contributed by atoms with van der Waals surface area (Å²) in [6, 6.07) is 5.08. The predicted molar refractivity (Wildman–Crippen MR) is 114 cm³/mol. The number of benzene rings is 1. The van der Waals surface area contributed by atoms with Gasteiger partial charge in [-0.05, 0) is 31.4 Å². The molecule has 2 saturated heterocycles. The second-order valence-corrected chi connectivity index (χ2v) is 7.95. The summed E-state index contributed by atoms with van der Waals surface area (Å²) < 4.78 is 15.7. The molecule has 1 aromatic carbocycles. The van der Waals surface area contributed by atoms with Gasteiger partial charge in [-0.15, -0.1) is 0 Å². The third-order valence-electron chi connectivity index (χ3n) is 6.08. The van der Waals surface area contributed by atoms with Gasteiger partial charge in [0, 0.05) is 39.3 Å². The van der Waals surface area contributed by atoms with Gasteiger partial charge in [-0.2, -0.15) is 0 Å². The molecule has 0 unspecified atom stereocenters. The summed E-state index contributed by atoms with van der Waals surface area (Å²) in [6.45, 7) is 2.54. The van der Waals surface area contributed by atoms with E-state index in [0.717, 1.165) is 12.8 Å². The Morgan fingerprint density at radius 1 is 1.16 bits per heavy atom. The summed E-state index contributed by atoms with van der Waals surface area (Å²) in [7, 11) is 4.66. The van der Waals surface area contributed by atoms with Crippen LogP contribution < -0.4 is 14.8 Å². The van der Waals surface area contributed by atoms with Crippen LogP contribution in [0.3, 0.4) is 0 Å². The van der Waals surface area contributed by atoms with Gasteiger partial charge in [0.2, 0.25) is 5.91 Å². The lowest BCUT2D eigenvalue weighted by atomic mass is 10.0. The lowest BCUT2D eigenvalue weighted by molar-refractivity contribution is -0.126. The molecule has 3 rings (SSSR count). The molecule has 2 fully saturated rings. The molecule has 0 radical (unpaired) electrons. The molecule has 2 aliphatic heterocycles. The Morgan fingerprint density at radius 2 is 1.90 bits per heavy atom. The SMILES string of the molecule is COCCNC(=O)[C@@H]1C[C@@H](O)CN1C1CCN(C(=O)c2cccc(OC)c2OC)CC1. The van der Waals surface area contributed by atoms with Crippen LogP contribution in [0.15, 0.2) is 18.2 Å². The molecule has 0 spiro atoms. The van der Waals surface area contributed by atoms with Crippen LogP contribution in [0.2, 0.25) is 0 Å². The molecule has 2 atom stereocenters. The van der Waals surface area contributed by atoms with Crippen LogP contribution in [0.5, 0.6) is 11.5 Å². The highest BCUT2D eigenvalue weighted by Gasteiger charge is 2.41. The molecular formula is C22H33N3O6. The first-order valence-corrected chi connectivity index (χ1v) is 10.7. The number of hydrogen-bond acceptors (Lipinski definition) is 7. The highest BCUT2D eigenvalue weighted by Crippen LogP contribution is 2.33. The van der Waals surface area contributed by atoms with Gasteiger partial charge in [-0.25, -0.2) is 0 Å². The van der Waals surface area contributed by atoms with Crippen molar-refractivity contribution in [3.63, 3.8) is 0 Å². The summed E-state index contributed by atoms with van der Waals surface area (Å²) in [5, 5.41) is 13.1. The van der Waals surface area contributed by atoms with E-state index in [1.807, 2.05) is 4.90 Å². The molecule has 9 nitrogen and oxygen atoms in total. The molecule has 0 bridgehead atoms. The van der Waals surface area contributed by atoms with E-state index in [1.165, 1.54) is 7.11 Å². The second kappa shape index (κ2) is 10.8. The van der Waals surface area contributed by atoms with E-state index in [1.54, 1.807) is 32.4 Å². The van der Waals surface area contributed by atoms with E-state index in [0.29, 0.717) is 56.3 Å². The zero-order valence-electron chi connectivity index (χ0n) is 18.5. The molecule has 31 heavy (non-hydrogen) atoms. The monoisotopic (exact) mass is 435 g/mol. The van der Waals surface area contributed by atoms with Crippen LogP contribution in [-0.4, -0.2) is 99.0 Å². The maximum atomic E-state index is 13.1. The molecule has 2 aliphatic rings. The van der Waals surface area contributed by atoms with Gasteiger partial charge in [0.05, 0.1) is 38.5 Å². The number of para-hydroxylation sites is 1. The highest BCUT2D eigenvalue weighted by atomic mass is 16.5. The Labute approximate surface area is 183 Å². The van der Waals surface area contributed by atoms with Gasteiger partial charge in [0.1, 0.15) is 0 Å². The predicted octanol–water partition coefficient (Wildman–Crippen LogP) is 0.506. The third-order valence-corrected chi connectivity index (χ3v) is 6.08. The number of carbonyl (C=O) groups excluding carboxylic acids is 2. The number of aliphatic hydroxyl groups is 1.